The molecular weight excluding hydrogens is 243 g/mol. The van der Waals surface area contributed by atoms with E-state index in [1.807, 2.05) is 0 Å². The van der Waals surface area contributed by atoms with E-state index in [9.17, 15) is 4.79 Å². The summed E-state index contributed by atoms with van der Waals surface area (Å²) < 4.78 is 0. The van der Waals surface area contributed by atoms with Gasteiger partial charge in [-0.1, -0.05) is 15.9 Å². The van der Waals surface area contributed by atoms with Crippen LogP contribution in [0.3, 0.4) is 0 Å². The van der Waals surface area contributed by atoms with Gasteiger partial charge in [0.2, 0.25) is 5.28 Å². The summed E-state index contributed by atoms with van der Waals surface area (Å²) in [6.07, 6.45) is 1.53. The number of aromatic nitrogens is 2. The van der Waals surface area contributed by atoms with Crippen LogP contribution in [0.15, 0.2) is 6.20 Å². The first-order chi connectivity index (χ1) is 5.65. The van der Waals surface area contributed by atoms with E-state index >= 15 is 0 Å². The maximum absolute atomic E-state index is 11.2. The van der Waals surface area contributed by atoms with Crippen molar-refractivity contribution in [2.75, 3.05) is 5.33 Å². The van der Waals surface area contributed by atoms with Crippen LogP contribution >= 0.6 is 27.5 Å². The van der Waals surface area contributed by atoms with E-state index in [0.717, 1.165) is 5.56 Å². The fraction of sp³-hybridized carbons (Fsp3) is 0.286. The number of carbonyl (C=O) groups excluding carboxylic acids is 1. The molecule has 0 fully saturated rings. The smallest absolute Gasteiger partial charge is 0.223 e. The molecule has 0 radical (unpaired) electrons. The summed E-state index contributed by atoms with van der Waals surface area (Å²) >= 11 is 8.59. The molecule has 0 N–H and O–H groups in total. The zero-order valence-corrected chi connectivity index (χ0v) is 8.68. The maximum Gasteiger partial charge on any atom is 0.223 e. The SMILES string of the molecule is Cc1cnc(Cl)nc1C(=O)CBr. The van der Waals surface area contributed by atoms with Crippen molar-refractivity contribution < 1.29 is 4.79 Å². The van der Waals surface area contributed by atoms with Gasteiger partial charge in [0.25, 0.3) is 0 Å². The summed E-state index contributed by atoms with van der Waals surface area (Å²) in [5.74, 6) is -0.0863. The van der Waals surface area contributed by atoms with Crippen molar-refractivity contribution in [3.8, 4) is 0 Å². The number of carbonyl (C=O) groups is 1. The lowest BCUT2D eigenvalue weighted by Crippen LogP contribution is -2.06. The molecule has 0 spiro atoms. The van der Waals surface area contributed by atoms with Crippen LogP contribution in [0.25, 0.3) is 0 Å². The molecule has 0 saturated carbocycles. The highest BCUT2D eigenvalue weighted by molar-refractivity contribution is 9.09. The molecule has 0 aliphatic carbocycles. The summed E-state index contributed by atoms with van der Waals surface area (Å²) in [6.45, 7) is 1.77. The Morgan fingerprint density at radius 3 is 3.00 bits per heavy atom. The number of halogens is 2. The number of hydrogen-bond donors (Lipinski definition) is 0. The molecular formula is C7H6BrClN2O. The predicted molar refractivity (Wildman–Crippen MR) is 49.9 cm³/mol. The van der Waals surface area contributed by atoms with Crippen LogP contribution < -0.4 is 0 Å². The quantitative estimate of drug-likeness (QED) is 0.457. The molecule has 5 heteroatoms. The molecule has 12 heavy (non-hydrogen) atoms. The highest BCUT2D eigenvalue weighted by Gasteiger charge is 2.09. The molecule has 64 valence electrons. The Morgan fingerprint density at radius 1 is 1.75 bits per heavy atom. The van der Waals surface area contributed by atoms with Gasteiger partial charge in [-0.3, -0.25) is 4.79 Å². The third-order valence-corrected chi connectivity index (χ3v) is 2.02. The molecule has 0 saturated heterocycles. The normalized spacial score (nSPS) is 9.92. The number of Topliss-reactive ketones (excluding diaryl/α,β-unsaturated/α-hetero) is 1. The van der Waals surface area contributed by atoms with E-state index < -0.39 is 0 Å². The molecule has 1 rings (SSSR count). The summed E-state index contributed by atoms with van der Waals surface area (Å²) in [5.41, 5.74) is 1.12. The Bertz CT molecular complexity index is 316. The minimum atomic E-state index is -0.0863. The van der Waals surface area contributed by atoms with Crippen molar-refractivity contribution in [3.05, 3.63) is 22.7 Å². The van der Waals surface area contributed by atoms with Crippen molar-refractivity contribution in [2.45, 2.75) is 6.92 Å². The van der Waals surface area contributed by atoms with Gasteiger partial charge in [0.05, 0.1) is 5.33 Å². The van der Waals surface area contributed by atoms with Crippen molar-refractivity contribution in [1.29, 1.82) is 0 Å². The van der Waals surface area contributed by atoms with Gasteiger partial charge in [-0.2, -0.15) is 0 Å². The molecule has 3 nitrogen and oxygen atoms in total. The average Bonchev–Trinajstić information content (AvgIpc) is 2.08. The minimum Gasteiger partial charge on any atom is -0.291 e. The summed E-state index contributed by atoms with van der Waals surface area (Å²) in [5, 5.41) is 0.353. The Hall–Kier alpha value is -0.480. The molecule has 0 unspecified atom stereocenters. The molecule has 1 heterocycles. The Kier molecular flexibility index (Phi) is 3.17. The topological polar surface area (TPSA) is 42.9 Å². The molecule has 0 atom stereocenters. The van der Waals surface area contributed by atoms with Gasteiger partial charge in [0, 0.05) is 6.20 Å². The predicted octanol–water partition coefficient (Wildman–Crippen LogP) is 2.02. The molecule has 0 aliphatic heterocycles. The van der Waals surface area contributed by atoms with Gasteiger partial charge in [0.1, 0.15) is 5.69 Å². The molecule has 0 aliphatic rings. The third kappa shape index (κ3) is 2.01. The second-order valence-corrected chi connectivity index (χ2v) is 3.13. The number of alkyl halides is 1. The molecule has 0 bridgehead atoms. The standard InChI is InChI=1S/C7H6BrClN2O/c1-4-3-10-7(9)11-6(4)5(12)2-8/h3H,2H2,1H3. The number of rotatable bonds is 2. The molecule has 1 aromatic heterocycles. The molecule has 1 aromatic rings. The van der Waals surface area contributed by atoms with Crippen LogP contribution in [0.4, 0.5) is 0 Å². The highest BCUT2D eigenvalue weighted by Crippen LogP contribution is 2.08. The fourth-order valence-electron chi connectivity index (χ4n) is 0.766. The zero-order chi connectivity index (χ0) is 9.14. The zero-order valence-electron chi connectivity index (χ0n) is 6.34. The lowest BCUT2D eigenvalue weighted by molar-refractivity contribution is 0.101. The lowest BCUT2D eigenvalue weighted by atomic mass is 10.2. The number of ketones is 1. The van der Waals surface area contributed by atoms with Gasteiger partial charge in [0.15, 0.2) is 5.78 Å². The van der Waals surface area contributed by atoms with Crippen molar-refractivity contribution in [2.24, 2.45) is 0 Å². The van der Waals surface area contributed by atoms with Gasteiger partial charge in [-0.15, -0.1) is 0 Å². The first-order valence-electron chi connectivity index (χ1n) is 3.23. The Morgan fingerprint density at radius 2 is 2.42 bits per heavy atom. The number of aryl methyl sites for hydroxylation is 1. The van der Waals surface area contributed by atoms with Crippen LogP contribution in [0.2, 0.25) is 5.28 Å². The van der Waals surface area contributed by atoms with Crippen molar-refractivity contribution in [1.82, 2.24) is 9.97 Å². The Balaban J connectivity index is 3.13. The Labute approximate surface area is 83.3 Å². The van der Waals surface area contributed by atoms with E-state index in [1.165, 1.54) is 6.20 Å². The largest absolute Gasteiger partial charge is 0.291 e. The highest BCUT2D eigenvalue weighted by atomic mass is 79.9. The van der Waals surface area contributed by atoms with Gasteiger partial charge in [-0.05, 0) is 24.1 Å². The number of hydrogen-bond acceptors (Lipinski definition) is 3. The maximum atomic E-state index is 11.2. The van der Waals surface area contributed by atoms with Gasteiger partial charge < -0.3 is 0 Å². The van der Waals surface area contributed by atoms with E-state index in [-0.39, 0.29) is 16.4 Å². The summed E-state index contributed by atoms with van der Waals surface area (Å²) in [4.78, 5) is 18.8. The third-order valence-electron chi connectivity index (χ3n) is 1.33. The van der Waals surface area contributed by atoms with E-state index in [4.69, 9.17) is 11.6 Å². The van der Waals surface area contributed by atoms with Crippen LogP contribution in [-0.4, -0.2) is 21.1 Å². The minimum absolute atomic E-state index is 0.0863. The molecule has 0 aromatic carbocycles. The van der Waals surface area contributed by atoms with Crippen LogP contribution in [0.5, 0.6) is 0 Å². The molecule has 0 amide bonds. The summed E-state index contributed by atoms with van der Waals surface area (Å²) in [6, 6.07) is 0. The number of nitrogens with zero attached hydrogens (tertiary/aromatic N) is 2. The van der Waals surface area contributed by atoms with Gasteiger partial charge in [-0.25, -0.2) is 9.97 Å². The van der Waals surface area contributed by atoms with Crippen LogP contribution in [-0.2, 0) is 0 Å². The van der Waals surface area contributed by atoms with Crippen molar-refractivity contribution in [3.63, 3.8) is 0 Å². The van der Waals surface area contributed by atoms with E-state index in [2.05, 4.69) is 25.9 Å². The monoisotopic (exact) mass is 248 g/mol. The van der Waals surface area contributed by atoms with Crippen LogP contribution in [0.1, 0.15) is 16.1 Å². The van der Waals surface area contributed by atoms with E-state index in [1.54, 1.807) is 6.92 Å². The van der Waals surface area contributed by atoms with Crippen molar-refractivity contribution >= 4 is 33.3 Å². The fourth-order valence-corrected chi connectivity index (χ4v) is 1.16. The second kappa shape index (κ2) is 3.96. The van der Waals surface area contributed by atoms with Gasteiger partial charge >= 0.3 is 0 Å². The lowest BCUT2D eigenvalue weighted by Gasteiger charge is -1.99. The first-order valence-corrected chi connectivity index (χ1v) is 4.73. The second-order valence-electron chi connectivity index (χ2n) is 2.23. The first kappa shape index (κ1) is 9.61. The van der Waals surface area contributed by atoms with Crippen LogP contribution in [0, 0.1) is 6.92 Å². The average molecular weight is 249 g/mol. The van der Waals surface area contributed by atoms with E-state index in [0.29, 0.717) is 5.69 Å². The summed E-state index contributed by atoms with van der Waals surface area (Å²) in [7, 11) is 0.